The molecule has 0 saturated carbocycles. The molecule has 7 heteroatoms. The van der Waals surface area contributed by atoms with Crippen molar-refractivity contribution >= 4 is 57.9 Å². The minimum atomic E-state index is -0.592. The number of ketones is 1. The molecule has 0 aliphatic carbocycles. The lowest BCUT2D eigenvalue weighted by Crippen LogP contribution is -2.06. The van der Waals surface area contributed by atoms with E-state index in [1.165, 1.54) is 19.1 Å². The molecule has 21 heavy (non-hydrogen) atoms. The average Bonchev–Trinajstić information content (AvgIpc) is 2.41. The molecule has 0 atom stereocenters. The largest absolute Gasteiger partial charge is 0.398 e. The predicted octanol–water partition coefficient (Wildman–Crippen LogP) is 5.56. The quantitative estimate of drug-likeness (QED) is 0.327. The summed E-state index contributed by atoms with van der Waals surface area (Å²) in [6, 6.07) is 3.73. The van der Waals surface area contributed by atoms with Gasteiger partial charge < -0.3 is 5.73 Å². The molecule has 110 valence electrons. The molecule has 0 aromatic heterocycles. The van der Waals surface area contributed by atoms with Gasteiger partial charge in [0.25, 0.3) is 0 Å². The highest BCUT2D eigenvalue weighted by atomic mass is 35.5. The van der Waals surface area contributed by atoms with Crippen LogP contribution in [0.3, 0.4) is 0 Å². The Labute approximate surface area is 140 Å². The molecule has 0 spiro atoms. The Bertz CT molecular complexity index is 738. The van der Waals surface area contributed by atoms with Crippen LogP contribution in [0.15, 0.2) is 18.2 Å². The van der Waals surface area contributed by atoms with E-state index < -0.39 is 11.6 Å². The maximum absolute atomic E-state index is 13.7. The zero-order valence-corrected chi connectivity index (χ0v) is 13.6. The summed E-state index contributed by atoms with van der Waals surface area (Å²) in [6.07, 6.45) is 0. The number of nitrogen functional groups attached to an aromatic ring is 1. The molecule has 0 heterocycles. The first kappa shape index (κ1) is 16.4. The molecule has 0 bridgehead atoms. The van der Waals surface area contributed by atoms with E-state index in [-0.39, 0.29) is 42.5 Å². The topological polar surface area (TPSA) is 43.1 Å². The fourth-order valence-electron chi connectivity index (χ4n) is 1.75. The van der Waals surface area contributed by atoms with Gasteiger partial charge in [-0.3, -0.25) is 4.79 Å². The van der Waals surface area contributed by atoms with Gasteiger partial charge in [0.15, 0.2) is 5.78 Å². The van der Waals surface area contributed by atoms with Crippen molar-refractivity contribution in [1.82, 2.24) is 0 Å². The Morgan fingerprint density at radius 1 is 1.05 bits per heavy atom. The standard InChI is InChI=1S/C14H8Cl4FNO/c1-5-9(19)2-6(3-10(5)20)14(21)11-7(15)4-8(16)12(17)13(11)18/h2-4H,20H2,1H3. The maximum Gasteiger partial charge on any atom is 0.196 e. The summed E-state index contributed by atoms with van der Waals surface area (Å²) >= 11 is 23.7. The SMILES string of the molecule is Cc1c(N)cc(C(=O)c2c(Cl)cc(Cl)c(Cl)c2Cl)cc1F. The maximum atomic E-state index is 13.7. The number of anilines is 1. The van der Waals surface area contributed by atoms with Gasteiger partial charge >= 0.3 is 0 Å². The first-order valence-electron chi connectivity index (χ1n) is 5.67. The van der Waals surface area contributed by atoms with Gasteiger partial charge in [-0.2, -0.15) is 0 Å². The van der Waals surface area contributed by atoms with Crippen molar-refractivity contribution in [3.05, 3.63) is 60.8 Å². The van der Waals surface area contributed by atoms with E-state index in [1.807, 2.05) is 0 Å². The van der Waals surface area contributed by atoms with Crippen molar-refractivity contribution in [2.45, 2.75) is 6.92 Å². The average molecular weight is 367 g/mol. The molecule has 2 aromatic carbocycles. The van der Waals surface area contributed by atoms with Crippen molar-refractivity contribution in [1.29, 1.82) is 0 Å². The summed E-state index contributed by atoms with van der Waals surface area (Å²) in [5.41, 5.74) is 6.06. The van der Waals surface area contributed by atoms with Crippen molar-refractivity contribution in [3.8, 4) is 0 Å². The molecular formula is C14H8Cl4FNO. The fourth-order valence-corrected chi connectivity index (χ4v) is 2.83. The van der Waals surface area contributed by atoms with Crippen LogP contribution >= 0.6 is 46.4 Å². The highest BCUT2D eigenvalue weighted by Gasteiger charge is 2.22. The van der Waals surface area contributed by atoms with Crippen LogP contribution in [0.5, 0.6) is 0 Å². The highest BCUT2D eigenvalue weighted by Crippen LogP contribution is 2.38. The minimum absolute atomic E-state index is 0.00615. The zero-order chi connectivity index (χ0) is 15.9. The van der Waals surface area contributed by atoms with E-state index in [4.69, 9.17) is 52.1 Å². The summed E-state index contributed by atoms with van der Waals surface area (Å²) in [7, 11) is 0. The van der Waals surface area contributed by atoms with Crippen molar-refractivity contribution in [3.63, 3.8) is 0 Å². The Morgan fingerprint density at radius 3 is 2.24 bits per heavy atom. The van der Waals surface area contributed by atoms with Crippen molar-refractivity contribution < 1.29 is 9.18 Å². The van der Waals surface area contributed by atoms with Crippen LogP contribution in [0, 0.1) is 12.7 Å². The van der Waals surface area contributed by atoms with Crippen LogP contribution in [-0.2, 0) is 0 Å². The second-order valence-electron chi connectivity index (χ2n) is 4.34. The van der Waals surface area contributed by atoms with Gasteiger partial charge in [-0.05, 0) is 25.1 Å². The highest BCUT2D eigenvalue weighted by molar-refractivity contribution is 6.51. The molecule has 0 aliphatic rings. The number of carbonyl (C=O) groups is 1. The zero-order valence-electron chi connectivity index (χ0n) is 10.6. The van der Waals surface area contributed by atoms with Crippen LogP contribution in [0.2, 0.25) is 20.1 Å². The predicted molar refractivity (Wildman–Crippen MR) is 85.5 cm³/mol. The Hall–Kier alpha value is -1.000. The van der Waals surface area contributed by atoms with E-state index >= 15 is 0 Å². The van der Waals surface area contributed by atoms with E-state index in [0.29, 0.717) is 0 Å². The molecule has 2 N–H and O–H groups in total. The molecule has 0 saturated heterocycles. The summed E-state index contributed by atoms with van der Waals surface area (Å²) in [6.45, 7) is 1.51. The number of carbonyl (C=O) groups excluding carboxylic acids is 1. The molecule has 0 fully saturated rings. The lowest BCUT2D eigenvalue weighted by atomic mass is 10.0. The normalized spacial score (nSPS) is 10.8. The lowest BCUT2D eigenvalue weighted by Gasteiger charge is -2.11. The van der Waals surface area contributed by atoms with Crippen LogP contribution in [-0.4, -0.2) is 5.78 Å². The third-order valence-electron chi connectivity index (χ3n) is 2.99. The number of halogens is 5. The smallest absolute Gasteiger partial charge is 0.196 e. The monoisotopic (exact) mass is 365 g/mol. The fraction of sp³-hybridized carbons (Fsp3) is 0.0714. The molecule has 0 amide bonds. The molecule has 0 radical (unpaired) electrons. The van der Waals surface area contributed by atoms with Gasteiger partial charge in [0, 0.05) is 16.8 Å². The number of benzene rings is 2. The summed E-state index contributed by atoms with van der Waals surface area (Å²) < 4.78 is 13.7. The molecule has 2 nitrogen and oxygen atoms in total. The first-order chi connectivity index (χ1) is 9.73. The van der Waals surface area contributed by atoms with E-state index in [9.17, 15) is 9.18 Å². The Morgan fingerprint density at radius 2 is 1.67 bits per heavy atom. The number of nitrogens with two attached hydrogens (primary N) is 1. The number of rotatable bonds is 2. The molecule has 2 aromatic rings. The van der Waals surface area contributed by atoms with Crippen LogP contribution in [0.25, 0.3) is 0 Å². The van der Waals surface area contributed by atoms with Gasteiger partial charge in [-0.15, -0.1) is 0 Å². The molecular weight excluding hydrogens is 359 g/mol. The Kier molecular flexibility index (Phi) is 4.69. The third-order valence-corrected chi connectivity index (χ3v) is 4.55. The molecule has 0 aliphatic heterocycles. The van der Waals surface area contributed by atoms with Gasteiger partial charge in [0.1, 0.15) is 5.82 Å². The van der Waals surface area contributed by atoms with E-state index in [0.717, 1.165) is 6.07 Å². The second-order valence-corrected chi connectivity index (χ2v) is 5.91. The second kappa shape index (κ2) is 6.01. The first-order valence-corrected chi connectivity index (χ1v) is 7.18. The van der Waals surface area contributed by atoms with Gasteiger partial charge in [0.05, 0.1) is 25.7 Å². The van der Waals surface area contributed by atoms with E-state index in [2.05, 4.69) is 0 Å². The number of hydrogen-bond donors (Lipinski definition) is 1. The summed E-state index contributed by atoms with van der Waals surface area (Å²) in [5, 5.41) is 0.0714. The van der Waals surface area contributed by atoms with Crippen LogP contribution in [0.1, 0.15) is 21.5 Å². The van der Waals surface area contributed by atoms with Crippen LogP contribution in [0.4, 0.5) is 10.1 Å². The van der Waals surface area contributed by atoms with Gasteiger partial charge in [-0.1, -0.05) is 46.4 Å². The van der Waals surface area contributed by atoms with Gasteiger partial charge in [0.2, 0.25) is 0 Å². The van der Waals surface area contributed by atoms with Gasteiger partial charge in [-0.25, -0.2) is 4.39 Å². The minimum Gasteiger partial charge on any atom is -0.398 e. The summed E-state index contributed by atoms with van der Waals surface area (Å²) in [4.78, 5) is 12.5. The number of hydrogen-bond acceptors (Lipinski definition) is 2. The van der Waals surface area contributed by atoms with Crippen LogP contribution < -0.4 is 5.73 Å². The lowest BCUT2D eigenvalue weighted by molar-refractivity contribution is 0.103. The summed E-state index contributed by atoms with van der Waals surface area (Å²) in [5.74, 6) is -1.18. The molecule has 2 rings (SSSR count). The van der Waals surface area contributed by atoms with E-state index in [1.54, 1.807) is 0 Å². The Balaban J connectivity index is 2.64. The third kappa shape index (κ3) is 2.97. The molecule has 0 unspecified atom stereocenters. The van der Waals surface area contributed by atoms with Crippen molar-refractivity contribution in [2.24, 2.45) is 0 Å². The van der Waals surface area contributed by atoms with Crippen molar-refractivity contribution in [2.75, 3.05) is 5.73 Å².